The van der Waals surface area contributed by atoms with Crippen LogP contribution in [-0.2, 0) is 14.3 Å². The zero-order valence-electron chi connectivity index (χ0n) is 12.5. The molecular formula is C15H21ClN2O4. The Morgan fingerprint density at radius 1 is 1.32 bits per heavy atom. The van der Waals surface area contributed by atoms with E-state index in [0.717, 1.165) is 25.2 Å². The Kier molecular flexibility index (Phi) is 7.70. The highest BCUT2D eigenvalue weighted by molar-refractivity contribution is 5.92. The summed E-state index contributed by atoms with van der Waals surface area (Å²) >= 11 is 0. The maximum Gasteiger partial charge on any atom is 0.308 e. The normalized spacial score (nSPS) is 16.5. The number of anilines is 1. The second-order valence-electron chi connectivity index (χ2n) is 4.88. The van der Waals surface area contributed by atoms with Gasteiger partial charge in [-0.1, -0.05) is 0 Å². The third kappa shape index (κ3) is 5.54. The summed E-state index contributed by atoms with van der Waals surface area (Å²) in [6, 6.07) is 7.10. The summed E-state index contributed by atoms with van der Waals surface area (Å²) in [6.45, 7) is 1.90. The van der Waals surface area contributed by atoms with Crippen LogP contribution < -0.4 is 15.4 Å². The van der Waals surface area contributed by atoms with Crippen molar-refractivity contribution in [2.24, 2.45) is 5.92 Å². The van der Waals surface area contributed by atoms with E-state index in [1.807, 2.05) is 0 Å². The van der Waals surface area contributed by atoms with E-state index in [-0.39, 0.29) is 43.2 Å². The second kappa shape index (κ2) is 9.27. The van der Waals surface area contributed by atoms with Crippen molar-refractivity contribution >= 4 is 30.0 Å². The van der Waals surface area contributed by atoms with Gasteiger partial charge in [-0.3, -0.25) is 9.59 Å². The first-order valence-corrected chi connectivity index (χ1v) is 7.00. The van der Waals surface area contributed by atoms with Crippen LogP contribution in [0.25, 0.3) is 0 Å². The van der Waals surface area contributed by atoms with Gasteiger partial charge in [-0.05, 0) is 37.2 Å². The number of esters is 1. The summed E-state index contributed by atoms with van der Waals surface area (Å²) in [6.07, 6.45) is 1.09. The average Bonchev–Trinajstić information content (AvgIpc) is 3.03. The molecule has 1 aromatic carbocycles. The topological polar surface area (TPSA) is 76.7 Å². The minimum atomic E-state index is -0.302. The lowest BCUT2D eigenvalue weighted by molar-refractivity contribution is -0.141. The van der Waals surface area contributed by atoms with Gasteiger partial charge in [-0.25, -0.2) is 0 Å². The molecule has 1 unspecified atom stereocenters. The molecule has 1 saturated heterocycles. The number of hydrogen-bond donors (Lipinski definition) is 2. The molecule has 1 fully saturated rings. The van der Waals surface area contributed by atoms with Crippen molar-refractivity contribution < 1.29 is 19.1 Å². The average molecular weight is 329 g/mol. The minimum absolute atomic E-state index is 0. The molecule has 1 aliphatic rings. The van der Waals surface area contributed by atoms with E-state index in [1.54, 1.807) is 24.3 Å². The van der Waals surface area contributed by atoms with Gasteiger partial charge in [-0.2, -0.15) is 0 Å². The fraction of sp³-hybridized carbons (Fsp3) is 0.467. The number of ether oxygens (including phenoxy) is 2. The third-order valence-electron chi connectivity index (χ3n) is 3.36. The Balaban J connectivity index is 0.00000242. The highest BCUT2D eigenvalue weighted by atomic mass is 35.5. The standard InChI is InChI=1S/C15H20N2O4.ClH/c1-20-14(18)7-9-21-13-4-2-12(3-5-13)17-15(19)11-6-8-16-10-11;/h2-5,11,16H,6-10H2,1H3,(H,17,19);1H. The van der Waals surface area contributed by atoms with E-state index < -0.39 is 0 Å². The van der Waals surface area contributed by atoms with Crippen molar-refractivity contribution in [2.75, 3.05) is 32.1 Å². The van der Waals surface area contributed by atoms with E-state index in [0.29, 0.717) is 5.75 Å². The number of nitrogens with one attached hydrogen (secondary N) is 2. The molecule has 0 aliphatic carbocycles. The number of benzene rings is 1. The van der Waals surface area contributed by atoms with Crippen molar-refractivity contribution in [1.29, 1.82) is 0 Å². The van der Waals surface area contributed by atoms with Crippen LogP contribution in [0.5, 0.6) is 5.75 Å². The van der Waals surface area contributed by atoms with E-state index in [9.17, 15) is 9.59 Å². The quantitative estimate of drug-likeness (QED) is 0.776. The molecule has 2 rings (SSSR count). The van der Waals surface area contributed by atoms with Crippen LogP contribution >= 0.6 is 12.4 Å². The molecule has 6 nitrogen and oxygen atoms in total. The third-order valence-corrected chi connectivity index (χ3v) is 3.36. The van der Waals surface area contributed by atoms with Gasteiger partial charge in [0.05, 0.1) is 26.1 Å². The SMILES string of the molecule is COC(=O)CCOc1ccc(NC(=O)C2CCNC2)cc1.Cl. The lowest BCUT2D eigenvalue weighted by Crippen LogP contribution is -2.24. The maximum absolute atomic E-state index is 11.9. The van der Waals surface area contributed by atoms with Crippen molar-refractivity contribution in [3.63, 3.8) is 0 Å². The first-order chi connectivity index (χ1) is 10.2. The summed E-state index contributed by atoms with van der Waals surface area (Å²) in [5, 5.41) is 6.05. The summed E-state index contributed by atoms with van der Waals surface area (Å²) in [5.41, 5.74) is 0.743. The van der Waals surface area contributed by atoms with Crippen LogP contribution in [0, 0.1) is 5.92 Å². The largest absolute Gasteiger partial charge is 0.493 e. The molecule has 22 heavy (non-hydrogen) atoms. The number of halogens is 1. The van der Waals surface area contributed by atoms with Crippen molar-refractivity contribution in [2.45, 2.75) is 12.8 Å². The van der Waals surface area contributed by atoms with Gasteiger partial charge in [0.2, 0.25) is 5.91 Å². The van der Waals surface area contributed by atoms with Gasteiger partial charge in [0.15, 0.2) is 0 Å². The fourth-order valence-corrected chi connectivity index (χ4v) is 2.11. The van der Waals surface area contributed by atoms with Crippen LogP contribution in [0.1, 0.15) is 12.8 Å². The number of rotatable bonds is 6. The van der Waals surface area contributed by atoms with Crippen LogP contribution in [0.15, 0.2) is 24.3 Å². The molecule has 0 radical (unpaired) electrons. The van der Waals surface area contributed by atoms with Gasteiger partial charge < -0.3 is 20.1 Å². The monoisotopic (exact) mass is 328 g/mol. The van der Waals surface area contributed by atoms with Gasteiger partial charge in [0, 0.05) is 12.2 Å². The maximum atomic E-state index is 11.9. The molecule has 1 aliphatic heterocycles. The highest BCUT2D eigenvalue weighted by Gasteiger charge is 2.22. The summed E-state index contributed by atoms with van der Waals surface area (Å²) in [5.74, 6) is 0.434. The Bertz CT molecular complexity index is 487. The highest BCUT2D eigenvalue weighted by Crippen LogP contribution is 2.17. The molecular weight excluding hydrogens is 308 g/mol. The van der Waals surface area contributed by atoms with Crippen LogP contribution in [0.2, 0.25) is 0 Å². The predicted molar refractivity (Wildman–Crippen MR) is 85.4 cm³/mol. The molecule has 0 bridgehead atoms. The van der Waals surface area contributed by atoms with Gasteiger partial charge in [0.25, 0.3) is 0 Å². The summed E-state index contributed by atoms with van der Waals surface area (Å²) < 4.78 is 9.94. The van der Waals surface area contributed by atoms with Crippen LogP contribution in [-0.4, -0.2) is 38.7 Å². The molecule has 1 aromatic rings. The van der Waals surface area contributed by atoms with E-state index >= 15 is 0 Å². The first kappa shape index (κ1) is 18.3. The van der Waals surface area contributed by atoms with E-state index in [1.165, 1.54) is 7.11 Å². The molecule has 0 spiro atoms. The fourth-order valence-electron chi connectivity index (χ4n) is 2.11. The Morgan fingerprint density at radius 3 is 2.64 bits per heavy atom. The lowest BCUT2D eigenvalue weighted by atomic mass is 10.1. The van der Waals surface area contributed by atoms with Gasteiger partial charge in [-0.15, -0.1) is 12.4 Å². The predicted octanol–water partition coefficient (Wildman–Crippen LogP) is 1.60. The second-order valence-corrected chi connectivity index (χ2v) is 4.88. The summed E-state index contributed by atoms with van der Waals surface area (Å²) in [7, 11) is 1.35. The Hall–Kier alpha value is -1.79. The zero-order chi connectivity index (χ0) is 15.1. The zero-order valence-corrected chi connectivity index (χ0v) is 13.3. The van der Waals surface area contributed by atoms with Crippen LogP contribution in [0.3, 0.4) is 0 Å². The number of amides is 1. The van der Waals surface area contributed by atoms with E-state index in [4.69, 9.17) is 4.74 Å². The number of carbonyl (C=O) groups is 2. The molecule has 122 valence electrons. The molecule has 0 saturated carbocycles. The molecule has 1 heterocycles. The van der Waals surface area contributed by atoms with Crippen molar-refractivity contribution in [3.8, 4) is 5.75 Å². The van der Waals surface area contributed by atoms with Crippen molar-refractivity contribution in [1.82, 2.24) is 5.32 Å². The smallest absolute Gasteiger partial charge is 0.308 e. The first-order valence-electron chi connectivity index (χ1n) is 7.00. The minimum Gasteiger partial charge on any atom is -0.493 e. The lowest BCUT2D eigenvalue weighted by Gasteiger charge is -2.11. The number of carbonyl (C=O) groups excluding carboxylic acids is 2. The summed E-state index contributed by atoms with van der Waals surface area (Å²) in [4.78, 5) is 22.9. The molecule has 1 atom stereocenters. The molecule has 1 amide bonds. The Morgan fingerprint density at radius 2 is 2.05 bits per heavy atom. The molecule has 0 aromatic heterocycles. The molecule has 2 N–H and O–H groups in total. The molecule has 7 heteroatoms. The number of methoxy groups -OCH3 is 1. The Labute approximate surface area is 136 Å². The van der Waals surface area contributed by atoms with Gasteiger partial charge >= 0.3 is 5.97 Å². The van der Waals surface area contributed by atoms with Crippen LogP contribution in [0.4, 0.5) is 5.69 Å². The number of hydrogen-bond acceptors (Lipinski definition) is 5. The van der Waals surface area contributed by atoms with E-state index in [2.05, 4.69) is 15.4 Å². The van der Waals surface area contributed by atoms with Crippen molar-refractivity contribution in [3.05, 3.63) is 24.3 Å². The van der Waals surface area contributed by atoms with Gasteiger partial charge in [0.1, 0.15) is 5.75 Å².